The molecule has 1 heterocycles. The van der Waals surface area contributed by atoms with Crippen LogP contribution >= 0.6 is 0 Å². The molecule has 5 heteroatoms. The molecule has 0 bridgehead atoms. The molecule has 12 heavy (non-hydrogen) atoms. The molecule has 0 aliphatic rings. The van der Waals surface area contributed by atoms with E-state index in [1.165, 1.54) is 0 Å². The molecular weight excluding hydrogens is 154 g/mol. The maximum Gasteiger partial charge on any atom is 0.167 e. The Morgan fingerprint density at radius 2 is 2.33 bits per heavy atom. The third-order valence-electron chi connectivity index (χ3n) is 1.29. The van der Waals surface area contributed by atoms with Gasteiger partial charge >= 0.3 is 0 Å². The van der Waals surface area contributed by atoms with Crippen LogP contribution in [0.2, 0.25) is 0 Å². The van der Waals surface area contributed by atoms with Gasteiger partial charge < -0.3 is 4.90 Å². The Morgan fingerprint density at radius 1 is 1.58 bits per heavy atom. The Morgan fingerprint density at radius 3 is 2.92 bits per heavy atom. The van der Waals surface area contributed by atoms with Crippen molar-refractivity contribution in [1.82, 2.24) is 15.2 Å². The summed E-state index contributed by atoms with van der Waals surface area (Å²) < 4.78 is 0. The zero-order chi connectivity index (χ0) is 8.97. The number of hydrogen-bond donors (Lipinski definition) is 0. The smallest absolute Gasteiger partial charge is 0.167 e. The summed E-state index contributed by atoms with van der Waals surface area (Å²) in [7, 11) is 3.72. The van der Waals surface area contributed by atoms with Crippen molar-refractivity contribution < 1.29 is 0 Å². The summed E-state index contributed by atoms with van der Waals surface area (Å²) in [5, 5.41) is 15.8. The third-order valence-corrected chi connectivity index (χ3v) is 1.29. The first-order valence-electron chi connectivity index (χ1n) is 3.47. The molecule has 0 fully saturated rings. The molecule has 0 radical (unpaired) electrons. The fraction of sp³-hybridized carbons (Fsp3) is 0.429. The van der Waals surface area contributed by atoms with E-state index in [4.69, 9.17) is 5.26 Å². The topological polar surface area (TPSA) is 65.7 Å². The molecule has 0 amide bonds. The van der Waals surface area contributed by atoms with E-state index in [2.05, 4.69) is 15.2 Å². The van der Waals surface area contributed by atoms with Gasteiger partial charge in [0.1, 0.15) is 0 Å². The van der Waals surface area contributed by atoms with Crippen LogP contribution in [0.3, 0.4) is 0 Å². The van der Waals surface area contributed by atoms with Crippen LogP contribution in [0, 0.1) is 11.3 Å². The maximum atomic E-state index is 8.38. The van der Waals surface area contributed by atoms with Crippen LogP contribution in [0.5, 0.6) is 0 Å². The number of rotatable bonds is 2. The molecule has 0 spiro atoms. The van der Waals surface area contributed by atoms with Crippen molar-refractivity contribution in [2.75, 3.05) is 19.0 Å². The van der Waals surface area contributed by atoms with Crippen molar-refractivity contribution in [2.45, 2.75) is 6.42 Å². The van der Waals surface area contributed by atoms with E-state index in [0.717, 1.165) is 5.82 Å². The van der Waals surface area contributed by atoms with E-state index in [9.17, 15) is 0 Å². The van der Waals surface area contributed by atoms with Gasteiger partial charge in [-0.2, -0.15) is 10.4 Å². The summed E-state index contributed by atoms with van der Waals surface area (Å²) in [5.41, 5.74) is 0. The highest BCUT2D eigenvalue weighted by Gasteiger charge is 2.00. The molecule has 1 rings (SSSR count). The lowest BCUT2D eigenvalue weighted by Gasteiger charge is -2.09. The number of aromatic nitrogens is 3. The van der Waals surface area contributed by atoms with Crippen LogP contribution < -0.4 is 4.90 Å². The van der Waals surface area contributed by atoms with E-state index in [1.54, 1.807) is 6.20 Å². The van der Waals surface area contributed by atoms with Crippen LogP contribution in [0.15, 0.2) is 6.20 Å². The monoisotopic (exact) mass is 163 g/mol. The largest absolute Gasteiger partial charge is 0.361 e. The zero-order valence-electron chi connectivity index (χ0n) is 7.02. The SMILES string of the molecule is CN(C)c1cnnc(CC#N)n1. The van der Waals surface area contributed by atoms with Crippen LogP contribution in [0.4, 0.5) is 5.82 Å². The molecule has 0 saturated heterocycles. The summed E-state index contributed by atoms with van der Waals surface area (Å²) in [6.45, 7) is 0. The first-order valence-corrected chi connectivity index (χ1v) is 3.47. The Balaban J connectivity index is 2.90. The number of anilines is 1. The molecule has 1 aromatic heterocycles. The highest BCUT2D eigenvalue weighted by atomic mass is 15.2. The van der Waals surface area contributed by atoms with Crippen molar-refractivity contribution >= 4 is 5.82 Å². The molecule has 0 unspecified atom stereocenters. The number of hydrogen-bond acceptors (Lipinski definition) is 5. The predicted molar refractivity (Wildman–Crippen MR) is 43.5 cm³/mol. The Labute approximate surface area is 70.7 Å². The lowest BCUT2D eigenvalue weighted by Crippen LogP contribution is -2.12. The van der Waals surface area contributed by atoms with Gasteiger partial charge in [0, 0.05) is 14.1 Å². The summed E-state index contributed by atoms with van der Waals surface area (Å²) in [6, 6.07) is 1.97. The van der Waals surface area contributed by atoms with Gasteiger partial charge in [-0.25, -0.2) is 4.98 Å². The zero-order valence-corrected chi connectivity index (χ0v) is 7.02. The van der Waals surface area contributed by atoms with Gasteiger partial charge in [-0.05, 0) is 0 Å². The summed E-state index contributed by atoms with van der Waals surface area (Å²) in [6.07, 6.45) is 1.76. The van der Waals surface area contributed by atoms with E-state index < -0.39 is 0 Å². The molecule has 0 saturated carbocycles. The second-order valence-electron chi connectivity index (χ2n) is 2.46. The highest BCUT2D eigenvalue weighted by molar-refractivity contribution is 5.32. The third kappa shape index (κ3) is 1.89. The van der Waals surface area contributed by atoms with Gasteiger partial charge in [0.25, 0.3) is 0 Å². The Bertz CT molecular complexity index is 301. The summed E-state index contributed by atoms with van der Waals surface area (Å²) in [5.74, 6) is 1.18. The first-order chi connectivity index (χ1) is 5.74. The molecule has 0 N–H and O–H groups in total. The molecule has 0 atom stereocenters. The predicted octanol–water partition coefficient (Wildman–Crippen LogP) is 0.00368. The molecule has 0 aromatic carbocycles. The molecule has 1 aromatic rings. The lowest BCUT2D eigenvalue weighted by atomic mass is 10.4. The normalized spacial score (nSPS) is 9.08. The van der Waals surface area contributed by atoms with Gasteiger partial charge in [0.05, 0.1) is 18.7 Å². The average Bonchev–Trinajstić information content (AvgIpc) is 2.05. The van der Waals surface area contributed by atoms with E-state index in [0.29, 0.717) is 5.82 Å². The average molecular weight is 163 g/mol. The van der Waals surface area contributed by atoms with Gasteiger partial charge in [0.2, 0.25) is 0 Å². The van der Waals surface area contributed by atoms with Crippen molar-refractivity contribution in [3.8, 4) is 6.07 Å². The van der Waals surface area contributed by atoms with Crippen LogP contribution in [-0.2, 0) is 6.42 Å². The van der Waals surface area contributed by atoms with Crippen molar-refractivity contribution in [2.24, 2.45) is 0 Å². The lowest BCUT2D eigenvalue weighted by molar-refractivity contribution is 0.860. The number of nitriles is 1. The van der Waals surface area contributed by atoms with Gasteiger partial charge in [-0.1, -0.05) is 0 Å². The summed E-state index contributed by atoms with van der Waals surface area (Å²) in [4.78, 5) is 5.91. The fourth-order valence-corrected chi connectivity index (χ4v) is 0.692. The molecule has 0 aliphatic heterocycles. The minimum atomic E-state index is 0.203. The molecule has 0 aliphatic carbocycles. The van der Waals surface area contributed by atoms with Crippen LogP contribution in [0.25, 0.3) is 0 Å². The highest BCUT2D eigenvalue weighted by Crippen LogP contribution is 2.02. The van der Waals surface area contributed by atoms with Gasteiger partial charge in [-0.3, -0.25) is 0 Å². The molecular formula is C7H9N5. The standard InChI is InChI=1S/C7H9N5/c1-12(2)7-5-9-11-6(10-7)3-4-8/h5H,3H2,1-2H3. The first kappa shape index (κ1) is 8.40. The molecule has 5 nitrogen and oxygen atoms in total. The van der Waals surface area contributed by atoms with E-state index >= 15 is 0 Å². The fourth-order valence-electron chi connectivity index (χ4n) is 0.692. The van der Waals surface area contributed by atoms with Crippen molar-refractivity contribution in [1.29, 1.82) is 5.26 Å². The minimum absolute atomic E-state index is 0.203. The van der Waals surface area contributed by atoms with Crippen LogP contribution in [0.1, 0.15) is 5.82 Å². The maximum absolute atomic E-state index is 8.38. The summed E-state index contributed by atoms with van der Waals surface area (Å²) >= 11 is 0. The second kappa shape index (κ2) is 3.62. The van der Waals surface area contributed by atoms with Gasteiger partial charge in [-0.15, -0.1) is 5.10 Å². The van der Waals surface area contributed by atoms with E-state index in [-0.39, 0.29) is 6.42 Å². The minimum Gasteiger partial charge on any atom is -0.361 e. The Hall–Kier alpha value is -1.70. The molecule has 62 valence electrons. The van der Waals surface area contributed by atoms with Crippen molar-refractivity contribution in [3.05, 3.63) is 12.0 Å². The van der Waals surface area contributed by atoms with E-state index in [1.807, 2.05) is 25.1 Å². The van der Waals surface area contributed by atoms with Crippen LogP contribution in [-0.4, -0.2) is 29.3 Å². The quantitative estimate of drug-likeness (QED) is 0.614. The van der Waals surface area contributed by atoms with Gasteiger partial charge in [0.15, 0.2) is 11.6 Å². The van der Waals surface area contributed by atoms with Crippen molar-refractivity contribution in [3.63, 3.8) is 0 Å². The second-order valence-corrected chi connectivity index (χ2v) is 2.46. The number of nitrogens with zero attached hydrogens (tertiary/aromatic N) is 5. The Kier molecular flexibility index (Phi) is 2.53.